The van der Waals surface area contributed by atoms with E-state index < -0.39 is 12.6 Å². The lowest BCUT2D eigenvalue weighted by Gasteiger charge is -2.24. The smallest absolute Gasteiger partial charge is 0.390 e. The van der Waals surface area contributed by atoms with Crippen LogP contribution >= 0.6 is 0 Å². The molecule has 136 valence electrons. The molecule has 1 unspecified atom stereocenters. The highest BCUT2D eigenvalue weighted by molar-refractivity contribution is 5.79. The Balaban J connectivity index is 1.97. The Labute approximate surface area is 140 Å². The number of rotatable bonds is 7. The summed E-state index contributed by atoms with van der Waals surface area (Å²) in [6.45, 7) is 4.69. The molecular formula is C16H25F3N4O. The van der Waals surface area contributed by atoms with Crippen molar-refractivity contribution in [2.75, 3.05) is 32.7 Å². The second-order valence-corrected chi connectivity index (χ2v) is 5.79. The van der Waals surface area contributed by atoms with Crippen molar-refractivity contribution in [2.24, 2.45) is 4.99 Å². The lowest BCUT2D eigenvalue weighted by molar-refractivity contribution is -0.132. The molecule has 0 saturated carbocycles. The van der Waals surface area contributed by atoms with Gasteiger partial charge in [0, 0.05) is 13.1 Å². The van der Waals surface area contributed by atoms with E-state index >= 15 is 0 Å². The molecule has 0 aromatic carbocycles. The van der Waals surface area contributed by atoms with Crippen molar-refractivity contribution in [3.63, 3.8) is 0 Å². The molecular weight excluding hydrogens is 321 g/mol. The third-order valence-electron chi connectivity index (χ3n) is 3.92. The quantitative estimate of drug-likeness (QED) is 0.589. The van der Waals surface area contributed by atoms with Gasteiger partial charge in [0.15, 0.2) is 5.96 Å². The lowest BCUT2D eigenvalue weighted by atomic mass is 10.2. The fourth-order valence-electron chi connectivity index (χ4n) is 2.76. The number of likely N-dealkylation sites (tertiary alicyclic amines) is 1. The molecule has 1 atom stereocenters. The zero-order valence-electron chi connectivity index (χ0n) is 13.9. The summed E-state index contributed by atoms with van der Waals surface area (Å²) in [6.07, 6.45) is -1.13. The molecule has 2 heterocycles. The first-order chi connectivity index (χ1) is 11.5. The first-order valence-corrected chi connectivity index (χ1v) is 8.36. The van der Waals surface area contributed by atoms with Gasteiger partial charge in [-0.1, -0.05) is 0 Å². The van der Waals surface area contributed by atoms with Crippen LogP contribution < -0.4 is 10.6 Å². The molecule has 0 aliphatic carbocycles. The van der Waals surface area contributed by atoms with Gasteiger partial charge in [0.2, 0.25) is 0 Å². The molecule has 0 bridgehead atoms. The number of nitrogens with zero attached hydrogens (tertiary/aromatic N) is 2. The monoisotopic (exact) mass is 346 g/mol. The second kappa shape index (κ2) is 8.96. The van der Waals surface area contributed by atoms with Crippen LogP contribution in [0.3, 0.4) is 0 Å². The van der Waals surface area contributed by atoms with Gasteiger partial charge < -0.3 is 15.1 Å². The molecule has 1 aromatic heterocycles. The van der Waals surface area contributed by atoms with Gasteiger partial charge in [0.1, 0.15) is 5.76 Å². The Morgan fingerprint density at radius 1 is 1.33 bits per heavy atom. The zero-order valence-corrected chi connectivity index (χ0v) is 13.9. The van der Waals surface area contributed by atoms with Crippen LogP contribution in [0, 0.1) is 0 Å². The summed E-state index contributed by atoms with van der Waals surface area (Å²) in [5, 5.41) is 5.72. The van der Waals surface area contributed by atoms with Crippen molar-refractivity contribution in [3.05, 3.63) is 24.2 Å². The Bertz CT molecular complexity index is 496. The summed E-state index contributed by atoms with van der Waals surface area (Å²) >= 11 is 0. The number of nitrogens with one attached hydrogen (secondary N) is 2. The minimum Gasteiger partial charge on any atom is -0.468 e. The number of hydrogen-bond acceptors (Lipinski definition) is 3. The molecule has 1 fully saturated rings. The van der Waals surface area contributed by atoms with E-state index in [1.165, 1.54) is 0 Å². The first-order valence-electron chi connectivity index (χ1n) is 8.36. The summed E-state index contributed by atoms with van der Waals surface area (Å²) in [5.41, 5.74) is 0. The molecule has 2 N–H and O–H groups in total. The SMILES string of the molecule is CCNC(=NCC(c1ccco1)N1CCCC1)NCCC(F)(F)F. The number of guanidine groups is 1. The molecule has 1 aliphatic rings. The van der Waals surface area contributed by atoms with Gasteiger partial charge in [-0.3, -0.25) is 9.89 Å². The molecule has 0 spiro atoms. The Morgan fingerprint density at radius 3 is 2.67 bits per heavy atom. The van der Waals surface area contributed by atoms with E-state index in [-0.39, 0.29) is 12.6 Å². The van der Waals surface area contributed by atoms with Crippen molar-refractivity contribution in [2.45, 2.75) is 38.4 Å². The highest BCUT2D eigenvalue weighted by Gasteiger charge is 2.27. The second-order valence-electron chi connectivity index (χ2n) is 5.79. The third-order valence-corrected chi connectivity index (χ3v) is 3.92. The number of alkyl halides is 3. The average Bonchev–Trinajstić information content (AvgIpc) is 3.20. The predicted molar refractivity (Wildman–Crippen MR) is 86.9 cm³/mol. The predicted octanol–water partition coefficient (Wildman–Crippen LogP) is 2.92. The molecule has 0 radical (unpaired) electrons. The van der Waals surface area contributed by atoms with Crippen LogP contribution in [0.5, 0.6) is 0 Å². The van der Waals surface area contributed by atoms with Crippen molar-refractivity contribution >= 4 is 5.96 Å². The van der Waals surface area contributed by atoms with E-state index in [9.17, 15) is 13.2 Å². The van der Waals surface area contributed by atoms with Crippen molar-refractivity contribution in [1.82, 2.24) is 15.5 Å². The molecule has 5 nitrogen and oxygen atoms in total. The highest BCUT2D eigenvalue weighted by atomic mass is 19.4. The third kappa shape index (κ3) is 6.07. The highest BCUT2D eigenvalue weighted by Crippen LogP contribution is 2.25. The summed E-state index contributed by atoms with van der Waals surface area (Å²) < 4.78 is 42.4. The van der Waals surface area contributed by atoms with Gasteiger partial charge in [-0.15, -0.1) is 0 Å². The minimum absolute atomic E-state index is 0.0144. The summed E-state index contributed by atoms with van der Waals surface area (Å²) in [4.78, 5) is 6.77. The number of hydrogen-bond donors (Lipinski definition) is 2. The van der Waals surface area contributed by atoms with E-state index in [1.54, 1.807) is 6.26 Å². The van der Waals surface area contributed by atoms with Crippen LogP contribution in [0.15, 0.2) is 27.8 Å². The van der Waals surface area contributed by atoms with Gasteiger partial charge in [-0.25, -0.2) is 0 Å². The lowest BCUT2D eigenvalue weighted by Crippen LogP contribution is -2.39. The van der Waals surface area contributed by atoms with Crippen LogP contribution in [0.2, 0.25) is 0 Å². The van der Waals surface area contributed by atoms with E-state index in [1.807, 2.05) is 19.1 Å². The Hall–Kier alpha value is -1.70. The van der Waals surface area contributed by atoms with E-state index in [2.05, 4.69) is 20.5 Å². The van der Waals surface area contributed by atoms with E-state index in [0.717, 1.165) is 31.7 Å². The van der Waals surface area contributed by atoms with Crippen LogP contribution in [0.1, 0.15) is 38.0 Å². The van der Waals surface area contributed by atoms with Gasteiger partial charge in [-0.05, 0) is 45.0 Å². The van der Waals surface area contributed by atoms with E-state index in [4.69, 9.17) is 4.42 Å². The molecule has 1 saturated heterocycles. The van der Waals surface area contributed by atoms with Crippen LogP contribution in [-0.4, -0.2) is 49.8 Å². The molecule has 1 aromatic rings. The first kappa shape index (κ1) is 18.6. The largest absolute Gasteiger partial charge is 0.468 e. The maximum Gasteiger partial charge on any atom is 0.390 e. The van der Waals surface area contributed by atoms with Crippen LogP contribution in [-0.2, 0) is 0 Å². The van der Waals surface area contributed by atoms with E-state index in [0.29, 0.717) is 19.0 Å². The van der Waals surface area contributed by atoms with Gasteiger partial charge in [0.25, 0.3) is 0 Å². The standard InChI is InChI=1S/C16H25F3N4O/c1-2-20-15(21-8-7-16(17,18)19)22-12-13(14-6-5-11-24-14)23-9-3-4-10-23/h5-6,11,13H,2-4,7-10,12H2,1H3,(H2,20,21,22). The van der Waals surface area contributed by atoms with Gasteiger partial charge in [0.05, 0.1) is 25.3 Å². The zero-order chi connectivity index (χ0) is 17.4. The summed E-state index contributed by atoms with van der Waals surface area (Å²) in [5.74, 6) is 1.24. The maximum atomic E-state index is 12.3. The number of furan rings is 1. The van der Waals surface area contributed by atoms with Crippen molar-refractivity contribution in [1.29, 1.82) is 0 Å². The fourth-order valence-corrected chi connectivity index (χ4v) is 2.76. The van der Waals surface area contributed by atoms with Crippen LogP contribution in [0.4, 0.5) is 13.2 Å². The van der Waals surface area contributed by atoms with Crippen molar-refractivity contribution in [3.8, 4) is 0 Å². The molecule has 24 heavy (non-hydrogen) atoms. The molecule has 0 amide bonds. The number of halogens is 3. The Morgan fingerprint density at radius 2 is 2.08 bits per heavy atom. The van der Waals surface area contributed by atoms with Gasteiger partial charge in [-0.2, -0.15) is 13.2 Å². The summed E-state index contributed by atoms with van der Waals surface area (Å²) in [7, 11) is 0. The Kier molecular flexibility index (Phi) is 6.96. The molecule has 8 heteroatoms. The maximum absolute atomic E-state index is 12.3. The average molecular weight is 346 g/mol. The fraction of sp³-hybridized carbons (Fsp3) is 0.688. The minimum atomic E-state index is -4.17. The topological polar surface area (TPSA) is 52.8 Å². The van der Waals surface area contributed by atoms with Gasteiger partial charge >= 0.3 is 6.18 Å². The number of aliphatic imine (C=N–C) groups is 1. The normalized spacial score (nSPS) is 17.9. The van der Waals surface area contributed by atoms with Crippen LogP contribution in [0.25, 0.3) is 0 Å². The van der Waals surface area contributed by atoms with Crippen molar-refractivity contribution < 1.29 is 17.6 Å². The molecule has 2 rings (SSSR count). The summed E-state index contributed by atoms with van der Waals surface area (Å²) in [6, 6.07) is 3.78. The molecule has 1 aliphatic heterocycles.